The standard InChI is InChI=1S/C12H5ClF6O/c13-12(19)10(17)8(15)7(9(16)11(12)18)5-3-4(20)1-2-6(5)14/h1-3,10,20H. The zero-order valence-electron chi connectivity index (χ0n) is 9.40. The molecule has 1 aromatic carbocycles. The quantitative estimate of drug-likeness (QED) is 0.592. The molecule has 0 aromatic heterocycles. The summed E-state index contributed by atoms with van der Waals surface area (Å²) in [5.41, 5.74) is -2.41. The first-order chi connectivity index (χ1) is 9.17. The highest BCUT2D eigenvalue weighted by atomic mass is 35.5. The van der Waals surface area contributed by atoms with Gasteiger partial charge < -0.3 is 5.11 Å². The van der Waals surface area contributed by atoms with E-state index in [0.717, 1.165) is 6.07 Å². The van der Waals surface area contributed by atoms with E-state index < -0.39 is 51.5 Å². The largest absolute Gasteiger partial charge is 0.508 e. The Kier molecular flexibility index (Phi) is 3.49. The van der Waals surface area contributed by atoms with E-state index in [0.29, 0.717) is 12.1 Å². The molecule has 1 aliphatic rings. The molecule has 2 rings (SSSR count). The highest BCUT2D eigenvalue weighted by Crippen LogP contribution is 2.49. The molecule has 0 radical (unpaired) electrons. The van der Waals surface area contributed by atoms with Crippen molar-refractivity contribution in [1.82, 2.24) is 0 Å². The minimum atomic E-state index is -4.04. The molecule has 1 nitrogen and oxygen atoms in total. The SMILES string of the molecule is Oc1ccc(F)c(C2=C(F)C(F)C(F)(Cl)C(F)=C2F)c1. The minimum Gasteiger partial charge on any atom is -0.508 e. The van der Waals surface area contributed by atoms with Crippen LogP contribution in [0.15, 0.2) is 35.7 Å². The van der Waals surface area contributed by atoms with Gasteiger partial charge in [-0.2, -0.15) is 0 Å². The van der Waals surface area contributed by atoms with Gasteiger partial charge in [-0.1, -0.05) is 11.6 Å². The van der Waals surface area contributed by atoms with E-state index in [2.05, 4.69) is 0 Å². The van der Waals surface area contributed by atoms with Gasteiger partial charge in [0.2, 0.25) is 6.17 Å². The third-order valence-electron chi connectivity index (χ3n) is 2.70. The Morgan fingerprint density at radius 1 is 1.15 bits per heavy atom. The van der Waals surface area contributed by atoms with Gasteiger partial charge >= 0.3 is 0 Å². The smallest absolute Gasteiger partial charge is 0.275 e. The maximum Gasteiger partial charge on any atom is 0.275 e. The maximum absolute atomic E-state index is 13.6. The van der Waals surface area contributed by atoms with Crippen LogP contribution in [-0.2, 0) is 0 Å². The fourth-order valence-electron chi connectivity index (χ4n) is 1.71. The van der Waals surface area contributed by atoms with Crippen LogP contribution in [0.4, 0.5) is 26.3 Å². The second-order valence-corrected chi connectivity index (χ2v) is 4.55. The van der Waals surface area contributed by atoms with Gasteiger partial charge in [-0.25, -0.2) is 26.3 Å². The van der Waals surface area contributed by atoms with Crippen LogP contribution in [-0.4, -0.2) is 16.4 Å². The lowest BCUT2D eigenvalue weighted by Gasteiger charge is -2.26. The molecule has 0 amide bonds. The Bertz CT molecular complexity index is 637. The van der Waals surface area contributed by atoms with Crippen LogP contribution in [0.1, 0.15) is 5.56 Å². The van der Waals surface area contributed by atoms with Gasteiger partial charge in [-0.3, -0.25) is 0 Å². The number of hydrogen-bond donors (Lipinski definition) is 1. The van der Waals surface area contributed by atoms with Crippen molar-refractivity contribution < 1.29 is 31.4 Å². The summed E-state index contributed by atoms with van der Waals surface area (Å²) in [6.45, 7) is 0. The van der Waals surface area contributed by atoms with E-state index in [4.69, 9.17) is 16.7 Å². The normalized spacial score (nSPS) is 27.2. The summed E-state index contributed by atoms with van der Waals surface area (Å²) in [7, 11) is 0. The molecule has 1 aliphatic carbocycles. The van der Waals surface area contributed by atoms with E-state index in [9.17, 15) is 26.3 Å². The summed E-state index contributed by atoms with van der Waals surface area (Å²) in [5, 5.41) is 5.10. The van der Waals surface area contributed by atoms with Crippen molar-refractivity contribution in [2.45, 2.75) is 11.3 Å². The van der Waals surface area contributed by atoms with Crippen LogP contribution >= 0.6 is 11.6 Å². The van der Waals surface area contributed by atoms with Crippen molar-refractivity contribution in [2.24, 2.45) is 0 Å². The first kappa shape index (κ1) is 14.8. The number of phenols is 1. The highest BCUT2D eigenvalue weighted by Gasteiger charge is 2.52. The molecule has 0 aliphatic heterocycles. The monoisotopic (exact) mass is 314 g/mol. The van der Waals surface area contributed by atoms with Crippen molar-refractivity contribution in [3.63, 3.8) is 0 Å². The van der Waals surface area contributed by atoms with Crippen LogP contribution in [0.5, 0.6) is 5.75 Å². The van der Waals surface area contributed by atoms with Crippen LogP contribution in [0.2, 0.25) is 0 Å². The molecule has 0 bridgehead atoms. The summed E-state index contributed by atoms with van der Waals surface area (Å²) >= 11 is 4.75. The Labute approximate surface area is 113 Å². The first-order valence-electron chi connectivity index (χ1n) is 5.14. The summed E-state index contributed by atoms with van der Waals surface area (Å²) in [4.78, 5) is 0. The number of benzene rings is 1. The van der Waals surface area contributed by atoms with E-state index in [-0.39, 0.29) is 0 Å². The Balaban J connectivity index is 2.73. The Morgan fingerprint density at radius 3 is 2.35 bits per heavy atom. The maximum atomic E-state index is 13.6. The molecule has 0 heterocycles. The molecular formula is C12H5ClF6O. The number of allylic oxidation sites excluding steroid dienone is 4. The number of hydrogen-bond acceptors (Lipinski definition) is 1. The third kappa shape index (κ3) is 2.06. The molecule has 0 saturated heterocycles. The molecule has 0 fully saturated rings. The zero-order chi connectivity index (χ0) is 15.2. The molecule has 1 aromatic rings. The summed E-state index contributed by atoms with van der Waals surface area (Å²) in [6.07, 6.45) is -3.35. The number of alkyl halides is 3. The van der Waals surface area contributed by atoms with E-state index >= 15 is 0 Å². The van der Waals surface area contributed by atoms with Crippen LogP contribution in [0.3, 0.4) is 0 Å². The summed E-state index contributed by atoms with van der Waals surface area (Å²) in [5.74, 6) is -8.53. The van der Waals surface area contributed by atoms with Crippen molar-refractivity contribution in [2.75, 3.05) is 0 Å². The summed E-state index contributed by atoms with van der Waals surface area (Å²) < 4.78 is 80.8. The van der Waals surface area contributed by atoms with Crippen molar-refractivity contribution in [3.8, 4) is 5.75 Å². The number of halogens is 7. The van der Waals surface area contributed by atoms with Crippen LogP contribution < -0.4 is 0 Å². The minimum absolute atomic E-state index is 0.545. The average Bonchev–Trinajstić information content (AvgIpc) is 2.39. The van der Waals surface area contributed by atoms with Gasteiger partial charge in [0.1, 0.15) is 11.6 Å². The number of aromatic hydroxyl groups is 1. The zero-order valence-corrected chi connectivity index (χ0v) is 10.2. The van der Waals surface area contributed by atoms with E-state index in [1.807, 2.05) is 0 Å². The molecule has 20 heavy (non-hydrogen) atoms. The van der Waals surface area contributed by atoms with Crippen LogP contribution in [0, 0.1) is 5.82 Å². The lowest BCUT2D eigenvalue weighted by Crippen LogP contribution is -2.34. The molecule has 2 atom stereocenters. The first-order valence-corrected chi connectivity index (χ1v) is 5.52. The topological polar surface area (TPSA) is 20.2 Å². The molecule has 1 N–H and O–H groups in total. The van der Waals surface area contributed by atoms with E-state index in [1.165, 1.54) is 0 Å². The second kappa shape index (κ2) is 4.73. The van der Waals surface area contributed by atoms with Gasteiger partial charge in [-0.05, 0) is 18.2 Å². The lowest BCUT2D eigenvalue weighted by molar-refractivity contribution is 0.135. The van der Waals surface area contributed by atoms with Gasteiger partial charge in [0.25, 0.3) is 5.13 Å². The number of rotatable bonds is 1. The highest BCUT2D eigenvalue weighted by molar-refractivity contribution is 6.25. The molecule has 2 unspecified atom stereocenters. The fraction of sp³-hybridized carbons (Fsp3) is 0.167. The fourth-order valence-corrected chi connectivity index (χ4v) is 1.89. The van der Waals surface area contributed by atoms with Gasteiger partial charge in [-0.15, -0.1) is 0 Å². The second-order valence-electron chi connectivity index (χ2n) is 4.00. The van der Waals surface area contributed by atoms with Gasteiger partial charge in [0.15, 0.2) is 17.5 Å². The predicted molar refractivity (Wildman–Crippen MR) is 59.9 cm³/mol. The Morgan fingerprint density at radius 2 is 1.75 bits per heavy atom. The Hall–Kier alpha value is -1.63. The van der Waals surface area contributed by atoms with Crippen molar-refractivity contribution in [3.05, 3.63) is 47.1 Å². The molecule has 108 valence electrons. The molecule has 0 saturated carbocycles. The average molecular weight is 315 g/mol. The molecular weight excluding hydrogens is 310 g/mol. The van der Waals surface area contributed by atoms with Crippen LogP contribution in [0.25, 0.3) is 5.57 Å². The lowest BCUT2D eigenvalue weighted by atomic mass is 9.94. The predicted octanol–water partition coefficient (Wildman–Crippen LogP) is 4.62. The van der Waals surface area contributed by atoms with Gasteiger partial charge in [0.05, 0.1) is 5.57 Å². The molecule has 8 heteroatoms. The molecule has 0 spiro atoms. The summed E-state index contributed by atoms with van der Waals surface area (Å²) in [6, 6.07) is 2.02. The number of phenolic OH excluding ortho intramolecular Hbond substituents is 1. The van der Waals surface area contributed by atoms with E-state index in [1.54, 1.807) is 0 Å². The third-order valence-corrected chi connectivity index (χ3v) is 3.06. The van der Waals surface area contributed by atoms with Crippen molar-refractivity contribution >= 4 is 17.2 Å². The van der Waals surface area contributed by atoms with Gasteiger partial charge in [0, 0.05) is 5.56 Å². The van der Waals surface area contributed by atoms with Crippen molar-refractivity contribution in [1.29, 1.82) is 0 Å².